The lowest BCUT2D eigenvalue weighted by atomic mass is 9.96. The number of aromatic nitrogens is 3. The Balaban J connectivity index is 0.995. The Kier molecular flexibility index (Phi) is 8.30. The van der Waals surface area contributed by atoms with E-state index in [2.05, 4.69) is 35.4 Å². The fraction of sp³-hybridized carbons (Fsp3) is 0.424. The van der Waals surface area contributed by atoms with E-state index in [4.69, 9.17) is 16.3 Å². The van der Waals surface area contributed by atoms with Crippen LogP contribution in [-0.2, 0) is 0 Å². The number of ketones is 1. The van der Waals surface area contributed by atoms with Crippen molar-refractivity contribution in [3.63, 3.8) is 0 Å². The molecule has 0 aliphatic carbocycles. The predicted octanol–water partition coefficient (Wildman–Crippen LogP) is 5.19. The molecular weight excluding hydrogens is 562 g/mol. The van der Waals surface area contributed by atoms with Crippen molar-refractivity contribution in [1.29, 1.82) is 0 Å². The number of benzene rings is 2. The van der Waals surface area contributed by atoms with Crippen molar-refractivity contribution in [3.8, 4) is 11.5 Å². The van der Waals surface area contributed by atoms with E-state index in [0.29, 0.717) is 50.5 Å². The predicted molar refractivity (Wildman–Crippen MR) is 169 cm³/mol. The zero-order valence-corrected chi connectivity index (χ0v) is 25.0. The summed E-state index contributed by atoms with van der Waals surface area (Å²) < 4.78 is 5.89. The molecule has 3 fully saturated rings. The third-order valence-corrected chi connectivity index (χ3v) is 9.52. The van der Waals surface area contributed by atoms with Crippen LogP contribution in [0.1, 0.15) is 41.6 Å². The van der Waals surface area contributed by atoms with Gasteiger partial charge in [0.25, 0.3) is 0 Å². The summed E-state index contributed by atoms with van der Waals surface area (Å²) in [6, 6.07) is 15.6. The number of fused-ring (bicyclic) bond motifs is 1. The normalized spacial score (nSPS) is 19.4. The van der Waals surface area contributed by atoms with Crippen LogP contribution in [0.4, 0.5) is 5.82 Å². The van der Waals surface area contributed by atoms with E-state index in [1.54, 1.807) is 30.7 Å². The molecule has 2 aromatic carbocycles. The molecule has 0 amide bonds. The van der Waals surface area contributed by atoms with Crippen LogP contribution in [0.3, 0.4) is 0 Å². The SMILES string of the molecule is O=C(c1ccc(Oc2ccccc2)cc1Cl)c1c[nH]c2ncnc(NC3CCN(C4CCN(CC5CNC5)CC4)CC3)c12. The number of carbonyl (C=O) groups is 1. The molecule has 43 heavy (non-hydrogen) atoms. The summed E-state index contributed by atoms with van der Waals surface area (Å²) in [6.07, 6.45) is 7.86. The Morgan fingerprint density at radius 3 is 2.47 bits per heavy atom. The molecule has 0 atom stereocenters. The van der Waals surface area contributed by atoms with Gasteiger partial charge >= 0.3 is 0 Å². The summed E-state index contributed by atoms with van der Waals surface area (Å²) in [7, 11) is 0. The number of halogens is 1. The molecule has 10 heteroatoms. The molecule has 0 spiro atoms. The molecule has 7 rings (SSSR count). The average molecular weight is 600 g/mol. The lowest BCUT2D eigenvalue weighted by Crippen LogP contribution is -2.53. The molecule has 3 aliphatic heterocycles. The monoisotopic (exact) mass is 599 g/mol. The molecular formula is C33H38ClN7O2. The molecule has 5 heterocycles. The Morgan fingerprint density at radius 1 is 0.953 bits per heavy atom. The van der Waals surface area contributed by atoms with Gasteiger partial charge in [-0.25, -0.2) is 9.97 Å². The summed E-state index contributed by atoms with van der Waals surface area (Å²) >= 11 is 6.60. The number of piperidine rings is 2. The van der Waals surface area contributed by atoms with Crippen molar-refractivity contribution < 1.29 is 9.53 Å². The van der Waals surface area contributed by atoms with Gasteiger partial charge in [0.15, 0.2) is 5.78 Å². The molecule has 2 aromatic heterocycles. The van der Waals surface area contributed by atoms with E-state index in [1.165, 1.54) is 45.6 Å². The minimum atomic E-state index is -0.185. The van der Waals surface area contributed by atoms with Gasteiger partial charge in [-0.15, -0.1) is 0 Å². The van der Waals surface area contributed by atoms with Crippen molar-refractivity contribution in [2.24, 2.45) is 5.92 Å². The van der Waals surface area contributed by atoms with Crippen molar-refractivity contribution >= 4 is 34.2 Å². The van der Waals surface area contributed by atoms with Crippen LogP contribution in [0.15, 0.2) is 61.1 Å². The number of hydrogen-bond donors (Lipinski definition) is 3. The zero-order valence-electron chi connectivity index (χ0n) is 24.3. The number of likely N-dealkylation sites (tertiary alicyclic amines) is 2. The van der Waals surface area contributed by atoms with Gasteiger partial charge in [-0.1, -0.05) is 29.8 Å². The van der Waals surface area contributed by atoms with Gasteiger partial charge in [0.05, 0.1) is 16.0 Å². The Labute approximate surface area is 257 Å². The number of rotatable bonds is 9. The molecule has 0 saturated carbocycles. The lowest BCUT2D eigenvalue weighted by molar-refractivity contribution is 0.0777. The highest BCUT2D eigenvalue weighted by Crippen LogP contribution is 2.32. The van der Waals surface area contributed by atoms with E-state index in [0.717, 1.165) is 31.8 Å². The zero-order chi connectivity index (χ0) is 29.2. The molecule has 3 saturated heterocycles. The smallest absolute Gasteiger partial charge is 0.196 e. The highest BCUT2D eigenvalue weighted by Gasteiger charge is 2.30. The van der Waals surface area contributed by atoms with Gasteiger partial charge in [0.1, 0.15) is 29.3 Å². The first-order valence-corrected chi connectivity index (χ1v) is 15.8. The van der Waals surface area contributed by atoms with E-state index < -0.39 is 0 Å². The van der Waals surface area contributed by atoms with E-state index in [-0.39, 0.29) is 11.8 Å². The third-order valence-electron chi connectivity index (χ3n) is 9.20. The molecule has 3 aliphatic rings. The standard InChI is InChI=1S/C33H38ClN7O2/c34-29-16-26(43-25-4-2-1-3-5-25)6-7-27(29)31(42)28-19-36-32-30(28)33(38-21-37-32)39-23-8-14-41(15-9-23)24-10-12-40(13-11-24)20-22-17-35-18-22/h1-7,16,19,21-24,35H,8-15,17-18,20H2,(H2,36,37,38,39). The number of H-pyrrole nitrogens is 1. The first-order chi connectivity index (χ1) is 21.1. The summed E-state index contributed by atoms with van der Waals surface area (Å²) in [6.45, 7) is 8.21. The quantitative estimate of drug-likeness (QED) is 0.226. The maximum absolute atomic E-state index is 13.7. The van der Waals surface area contributed by atoms with Crippen LogP contribution in [-0.4, -0.2) is 88.4 Å². The number of ether oxygens (including phenoxy) is 1. The summed E-state index contributed by atoms with van der Waals surface area (Å²) in [4.78, 5) is 31.2. The van der Waals surface area contributed by atoms with Crippen LogP contribution in [0.25, 0.3) is 11.0 Å². The minimum absolute atomic E-state index is 0.185. The highest BCUT2D eigenvalue weighted by molar-refractivity contribution is 6.35. The van der Waals surface area contributed by atoms with Crippen molar-refractivity contribution in [2.45, 2.75) is 37.8 Å². The summed E-state index contributed by atoms with van der Waals surface area (Å²) in [5, 5.41) is 8.08. The fourth-order valence-corrected chi connectivity index (χ4v) is 6.93. The second-order valence-electron chi connectivity index (χ2n) is 12.0. The van der Waals surface area contributed by atoms with Crippen molar-refractivity contribution in [3.05, 3.63) is 77.2 Å². The summed E-state index contributed by atoms with van der Waals surface area (Å²) in [5.74, 6) is 2.62. The van der Waals surface area contributed by atoms with Crippen LogP contribution in [0.2, 0.25) is 5.02 Å². The fourth-order valence-electron chi connectivity index (χ4n) is 6.68. The molecule has 4 aromatic rings. The maximum atomic E-state index is 13.7. The van der Waals surface area contributed by atoms with Crippen LogP contribution >= 0.6 is 11.6 Å². The minimum Gasteiger partial charge on any atom is -0.457 e. The average Bonchev–Trinajstić information content (AvgIpc) is 3.46. The van der Waals surface area contributed by atoms with Crippen molar-refractivity contribution in [1.82, 2.24) is 30.1 Å². The number of para-hydroxylation sites is 1. The van der Waals surface area contributed by atoms with Gasteiger partial charge in [-0.05, 0) is 69.0 Å². The molecule has 0 unspecified atom stereocenters. The number of nitrogens with zero attached hydrogens (tertiary/aromatic N) is 4. The van der Waals surface area contributed by atoms with Crippen LogP contribution < -0.4 is 15.4 Å². The van der Waals surface area contributed by atoms with E-state index in [1.807, 2.05) is 30.3 Å². The molecule has 224 valence electrons. The molecule has 9 nitrogen and oxygen atoms in total. The second-order valence-corrected chi connectivity index (χ2v) is 12.5. The number of nitrogens with one attached hydrogen (secondary N) is 3. The number of carbonyl (C=O) groups excluding carboxylic acids is 1. The maximum Gasteiger partial charge on any atom is 0.196 e. The number of hydrogen-bond acceptors (Lipinski definition) is 8. The highest BCUT2D eigenvalue weighted by atomic mass is 35.5. The lowest BCUT2D eigenvalue weighted by Gasteiger charge is -2.43. The summed E-state index contributed by atoms with van der Waals surface area (Å²) in [5.41, 5.74) is 1.53. The van der Waals surface area contributed by atoms with Crippen LogP contribution in [0, 0.1) is 5.92 Å². The Bertz CT molecular complexity index is 1560. The third kappa shape index (κ3) is 6.26. The van der Waals surface area contributed by atoms with Gasteiger partial charge in [-0.2, -0.15) is 0 Å². The number of anilines is 1. The molecule has 3 N–H and O–H groups in total. The first kappa shape index (κ1) is 28.3. The van der Waals surface area contributed by atoms with Gasteiger partial charge < -0.3 is 30.2 Å². The van der Waals surface area contributed by atoms with Gasteiger partial charge in [-0.3, -0.25) is 4.79 Å². The molecule has 0 radical (unpaired) electrons. The van der Waals surface area contributed by atoms with Crippen molar-refractivity contribution in [2.75, 3.05) is 51.1 Å². The van der Waals surface area contributed by atoms with Gasteiger partial charge in [0.2, 0.25) is 0 Å². The Morgan fingerprint density at radius 2 is 1.74 bits per heavy atom. The van der Waals surface area contributed by atoms with Gasteiger partial charge in [0, 0.05) is 62.6 Å². The van der Waals surface area contributed by atoms with E-state index >= 15 is 0 Å². The molecule has 0 bridgehead atoms. The van der Waals surface area contributed by atoms with Crippen LogP contribution in [0.5, 0.6) is 11.5 Å². The topological polar surface area (TPSA) is 98.4 Å². The largest absolute Gasteiger partial charge is 0.457 e. The first-order valence-electron chi connectivity index (χ1n) is 15.4. The number of aromatic amines is 1. The second kappa shape index (κ2) is 12.6. The van der Waals surface area contributed by atoms with E-state index in [9.17, 15) is 4.79 Å². The Hall–Kier alpha value is -3.50.